The van der Waals surface area contributed by atoms with E-state index in [-0.39, 0.29) is 74.4 Å². The SMILES string of the molecule is CCC(=O)OCc1ccc(NC(=O)[C@H](C)NC(=O)[C@@H](NC(=O)CCCCCN2C(=O)C=CC2=O)C(C)C)cc1CCCOCCCS(=O)(=O)O. The maximum absolute atomic E-state index is 13.1. The zero-order valence-corrected chi connectivity index (χ0v) is 30.0. The first-order valence-corrected chi connectivity index (χ1v) is 18.5. The third kappa shape index (κ3) is 15.6. The van der Waals surface area contributed by atoms with Crippen molar-refractivity contribution in [2.24, 2.45) is 5.92 Å². The Kier molecular flexibility index (Phi) is 17.8. The van der Waals surface area contributed by atoms with Gasteiger partial charge in [0.25, 0.3) is 21.9 Å². The third-order valence-electron chi connectivity index (χ3n) is 7.78. The van der Waals surface area contributed by atoms with E-state index in [9.17, 15) is 37.2 Å². The van der Waals surface area contributed by atoms with Gasteiger partial charge < -0.3 is 25.4 Å². The van der Waals surface area contributed by atoms with Gasteiger partial charge in [-0.05, 0) is 68.2 Å². The van der Waals surface area contributed by atoms with Crippen molar-refractivity contribution in [1.29, 1.82) is 0 Å². The van der Waals surface area contributed by atoms with Crippen molar-refractivity contribution in [3.63, 3.8) is 0 Å². The van der Waals surface area contributed by atoms with Crippen LogP contribution in [0.15, 0.2) is 30.4 Å². The topological polar surface area (TPSA) is 215 Å². The molecule has 15 nitrogen and oxygen atoms in total. The van der Waals surface area contributed by atoms with Crippen LogP contribution in [0.1, 0.15) is 83.8 Å². The molecule has 2 atom stereocenters. The number of rotatable bonds is 23. The van der Waals surface area contributed by atoms with Crippen molar-refractivity contribution in [2.45, 2.75) is 97.8 Å². The number of hydrogen-bond acceptors (Lipinski definition) is 10. The van der Waals surface area contributed by atoms with Crippen molar-refractivity contribution in [3.8, 4) is 0 Å². The first-order valence-electron chi connectivity index (χ1n) is 16.9. The fourth-order valence-corrected chi connectivity index (χ4v) is 5.41. The fourth-order valence-electron chi connectivity index (χ4n) is 4.93. The number of unbranched alkanes of at least 4 members (excludes halogenated alkanes) is 2. The molecule has 50 heavy (non-hydrogen) atoms. The number of amides is 5. The predicted molar refractivity (Wildman–Crippen MR) is 184 cm³/mol. The molecule has 1 aliphatic heterocycles. The predicted octanol–water partition coefficient (Wildman–Crippen LogP) is 2.44. The molecule has 0 aromatic heterocycles. The quantitative estimate of drug-likeness (QED) is 0.0557. The molecule has 4 N–H and O–H groups in total. The second kappa shape index (κ2) is 21.2. The summed E-state index contributed by atoms with van der Waals surface area (Å²) in [6.45, 7) is 7.56. The van der Waals surface area contributed by atoms with E-state index in [0.29, 0.717) is 44.4 Å². The van der Waals surface area contributed by atoms with E-state index in [2.05, 4.69) is 16.0 Å². The number of carbonyl (C=O) groups excluding carboxylic acids is 6. The highest BCUT2D eigenvalue weighted by Gasteiger charge is 2.27. The lowest BCUT2D eigenvalue weighted by molar-refractivity contribution is -0.144. The number of aryl methyl sites for hydroxylation is 1. The minimum Gasteiger partial charge on any atom is -0.461 e. The van der Waals surface area contributed by atoms with Gasteiger partial charge in [-0.3, -0.25) is 38.2 Å². The van der Waals surface area contributed by atoms with Crippen molar-refractivity contribution in [2.75, 3.05) is 30.8 Å². The lowest BCUT2D eigenvalue weighted by atomic mass is 10.0. The van der Waals surface area contributed by atoms with Crippen molar-refractivity contribution in [3.05, 3.63) is 41.5 Å². The number of anilines is 1. The summed E-state index contributed by atoms with van der Waals surface area (Å²) < 4.78 is 41.3. The zero-order valence-electron chi connectivity index (χ0n) is 29.2. The number of nitrogens with zero attached hydrogens (tertiary/aromatic N) is 1. The van der Waals surface area contributed by atoms with E-state index in [1.165, 1.54) is 19.1 Å². The smallest absolute Gasteiger partial charge is 0.305 e. The van der Waals surface area contributed by atoms with Crippen LogP contribution in [-0.2, 0) is 61.4 Å². The molecule has 0 unspecified atom stereocenters. The van der Waals surface area contributed by atoms with Gasteiger partial charge in [0.2, 0.25) is 17.7 Å². The summed E-state index contributed by atoms with van der Waals surface area (Å²) >= 11 is 0. The summed E-state index contributed by atoms with van der Waals surface area (Å²) in [6, 6.07) is 3.31. The molecular formula is C34H50N4O11S. The van der Waals surface area contributed by atoms with Crippen LogP contribution in [0.5, 0.6) is 0 Å². The Hall–Kier alpha value is -4.15. The minimum atomic E-state index is -4.04. The highest BCUT2D eigenvalue weighted by molar-refractivity contribution is 7.85. The molecule has 1 aromatic carbocycles. The fraction of sp³-hybridized carbons (Fsp3) is 0.588. The summed E-state index contributed by atoms with van der Waals surface area (Å²) in [5, 5.41) is 8.20. The van der Waals surface area contributed by atoms with Crippen LogP contribution < -0.4 is 16.0 Å². The van der Waals surface area contributed by atoms with E-state index in [4.69, 9.17) is 14.0 Å². The first kappa shape index (κ1) is 42.0. The van der Waals surface area contributed by atoms with Gasteiger partial charge in [0, 0.05) is 50.4 Å². The van der Waals surface area contributed by atoms with E-state index < -0.39 is 34.0 Å². The molecule has 1 heterocycles. The molecule has 0 radical (unpaired) electrons. The van der Waals surface area contributed by atoms with Gasteiger partial charge in [-0.15, -0.1) is 0 Å². The number of imide groups is 1. The van der Waals surface area contributed by atoms with Gasteiger partial charge in [0.05, 0.1) is 5.75 Å². The summed E-state index contributed by atoms with van der Waals surface area (Å²) in [5.41, 5.74) is 1.99. The largest absolute Gasteiger partial charge is 0.461 e. The summed E-state index contributed by atoms with van der Waals surface area (Å²) in [4.78, 5) is 75.0. The number of ether oxygens (including phenoxy) is 2. The Labute approximate surface area is 293 Å². The minimum absolute atomic E-state index is 0.0402. The molecule has 278 valence electrons. The Morgan fingerprint density at radius 3 is 2.20 bits per heavy atom. The van der Waals surface area contributed by atoms with Crippen LogP contribution in [-0.4, -0.2) is 91.0 Å². The van der Waals surface area contributed by atoms with E-state index in [1.807, 2.05) is 0 Å². The summed E-state index contributed by atoms with van der Waals surface area (Å²) in [7, 11) is -4.04. The Morgan fingerprint density at radius 2 is 1.56 bits per heavy atom. The molecule has 0 bridgehead atoms. The first-order chi connectivity index (χ1) is 23.6. The maximum atomic E-state index is 13.1. The molecule has 0 fully saturated rings. The molecule has 1 aliphatic rings. The van der Waals surface area contributed by atoms with Crippen molar-refractivity contribution in [1.82, 2.24) is 15.5 Å². The van der Waals surface area contributed by atoms with Gasteiger partial charge in [-0.2, -0.15) is 8.42 Å². The normalized spacial score (nSPS) is 14.1. The molecular weight excluding hydrogens is 672 g/mol. The summed E-state index contributed by atoms with van der Waals surface area (Å²) in [5.74, 6) is -3.03. The van der Waals surface area contributed by atoms with Gasteiger partial charge in [0.15, 0.2) is 0 Å². The van der Waals surface area contributed by atoms with Crippen LogP contribution in [0.3, 0.4) is 0 Å². The Bertz CT molecular complexity index is 1480. The monoisotopic (exact) mass is 722 g/mol. The van der Waals surface area contributed by atoms with Gasteiger partial charge in [0.1, 0.15) is 18.7 Å². The van der Waals surface area contributed by atoms with E-state index in [0.717, 1.165) is 16.0 Å². The standard InChI is InChI=1S/C34H50N4O11S/c1-5-31(42)49-22-26-13-14-27(21-25(26)11-9-18-48-19-10-20-50(45,46)47)36-33(43)24(4)35-34(44)32(23(2)3)37-28(39)12-7-6-8-17-38-29(40)15-16-30(38)41/h13-16,21,23-24,32H,5-12,17-20,22H2,1-4H3,(H,35,44)(H,36,43)(H,37,39)(H,45,46,47)/t24-,32-/m0/s1. The third-order valence-corrected chi connectivity index (χ3v) is 8.59. The van der Waals surface area contributed by atoms with Gasteiger partial charge in [-0.1, -0.05) is 33.3 Å². The number of nitrogens with one attached hydrogen (secondary N) is 3. The summed E-state index contributed by atoms with van der Waals surface area (Å²) in [6.07, 6.45) is 5.71. The lowest BCUT2D eigenvalue weighted by Gasteiger charge is -2.24. The molecule has 2 rings (SSSR count). The van der Waals surface area contributed by atoms with Gasteiger partial charge in [-0.25, -0.2) is 0 Å². The second-order valence-corrected chi connectivity index (χ2v) is 13.9. The lowest BCUT2D eigenvalue weighted by Crippen LogP contribution is -2.53. The zero-order chi connectivity index (χ0) is 37.3. The molecule has 0 spiro atoms. The van der Waals surface area contributed by atoms with Gasteiger partial charge >= 0.3 is 5.97 Å². The highest BCUT2D eigenvalue weighted by Crippen LogP contribution is 2.20. The highest BCUT2D eigenvalue weighted by atomic mass is 32.2. The van der Waals surface area contributed by atoms with Crippen LogP contribution in [0.2, 0.25) is 0 Å². The molecule has 0 saturated carbocycles. The average molecular weight is 723 g/mol. The number of benzene rings is 1. The Morgan fingerprint density at radius 1 is 0.880 bits per heavy atom. The second-order valence-electron chi connectivity index (χ2n) is 12.3. The van der Waals surface area contributed by atoms with E-state index >= 15 is 0 Å². The number of esters is 1. The molecule has 16 heteroatoms. The molecule has 0 saturated heterocycles. The molecule has 1 aromatic rings. The Balaban J connectivity index is 1.89. The van der Waals surface area contributed by atoms with Crippen LogP contribution in [0, 0.1) is 5.92 Å². The number of hydrogen-bond donors (Lipinski definition) is 4. The average Bonchev–Trinajstić information content (AvgIpc) is 3.37. The molecule has 0 aliphatic carbocycles. The number of carbonyl (C=O) groups is 6. The van der Waals surface area contributed by atoms with Crippen LogP contribution >= 0.6 is 0 Å². The van der Waals surface area contributed by atoms with Crippen LogP contribution in [0.25, 0.3) is 0 Å². The van der Waals surface area contributed by atoms with Crippen molar-refractivity contribution < 1.29 is 51.2 Å². The molecule has 5 amide bonds. The maximum Gasteiger partial charge on any atom is 0.305 e. The van der Waals surface area contributed by atoms with E-state index in [1.54, 1.807) is 39.0 Å². The van der Waals surface area contributed by atoms with Crippen LogP contribution in [0.4, 0.5) is 5.69 Å². The van der Waals surface area contributed by atoms with Crippen molar-refractivity contribution >= 4 is 51.3 Å².